The molecule has 0 unspecified atom stereocenters. The van der Waals surface area contributed by atoms with Gasteiger partial charge in [0.25, 0.3) is 0 Å². The van der Waals surface area contributed by atoms with Gasteiger partial charge in [-0.25, -0.2) is 9.97 Å². The summed E-state index contributed by atoms with van der Waals surface area (Å²) >= 11 is 18.3. The molecule has 0 atom stereocenters. The Morgan fingerprint density at radius 2 is 1.60 bits per heavy atom. The second kappa shape index (κ2) is 7.35. The molecule has 0 bridgehead atoms. The van der Waals surface area contributed by atoms with E-state index < -0.39 is 0 Å². The third-order valence-electron chi connectivity index (χ3n) is 3.50. The van der Waals surface area contributed by atoms with Crippen LogP contribution in [0.25, 0.3) is 0 Å². The zero-order valence-corrected chi connectivity index (χ0v) is 15.4. The number of rotatable bonds is 4. The fraction of sp³-hybridized carbons (Fsp3) is 0.0588. The van der Waals surface area contributed by atoms with E-state index in [2.05, 4.69) is 20.6 Å². The van der Waals surface area contributed by atoms with E-state index in [4.69, 9.17) is 40.5 Å². The molecule has 1 aromatic heterocycles. The van der Waals surface area contributed by atoms with Crippen LogP contribution in [0.15, 0.2) is 42.7 Å². The van der Waals surface area contributed by atoms with E-state index in [-0.39, 0.29) is 0 Å². The molecule has 5 nitrogen and oxygen atoms in total. The van der Waals surface area contributed by atoms with Gasteiger partial charge in [0.2, 0.25) is 0 Å². The Morgan fingerprint density at radius 1 is 0.880 bits per heavy atom. The van der Waals surface area contributed by atoms with Crippen LogP contribution in [0.4, 0.5) is 28.7 Å². The maximum absolute atomic E-state index is 6.18. The van der Waals surface area contributed by atoms with Crippen molar-refractivity contribution in [1.82, 2.24) is 9.97 Å². The molecule has 0 saturated carbocycles. The molecule has 1 heterocycles. The molecule has 128 valence electrons. The van der Waals surface area contributed by atoms with Crippen molar-refractivity contribution in [1.29, 1.82) is 0 Å². The van der Waals surface area contributed by atoms with Crippen LogP contribution in [0.5, 0.6) is 0 Å². The van der Waals surface area contributed by atoms with Crippen LogP contribution < -0.4 is 16.4 Å². The molecule has 3 aromatic rings. The number of nitrogens with zero attached hydrogens (tertiary/aromatic N) is 2. The number of aromatic nitrogens is 2. The van der Waals surface area contributed by atoms with Gasteiger partial charge in [-0.05, 0) is 42.8 Å². The number of hydrogen-bond acceptors (Lipinski definition) is 5. The average Bonchev–Trinajstić information content (AvgIpc) is 2.58. The van der Waals surface area contributed by atoms with Gasteiger partial charge in [0.05, 0.1) is 10.7 Å². The Hall–Kier alpha value is -2.21. The maximum atomic E-state index is 6.18. The average molecular weight is 395 g/mol. The molecule has 0 aliphatic rings. The lowest BCUT2D eigenvalue weighted by Gasteiger charge is -2.14. The zero-order valence-electron chi connectivity index (χ0n) is 13.1. The van der Waals surface area contributed by atoms with Crippen molar-refractivity contribution in [3.05, 3.63) is 63.4 Å². The van der Waals surface area contributed by atoms with E-state index >= 15 is 0 Å². The lowest BCUT2D eigenvalue weighted by Crippen LogP contribution is -2.05. The van der Waals surface area contributed by atoms with Crippen molar-refractivity contribution in [3.8, 4) is 0 Å². The lowest BCUT2D eigenvalue weighted by atomic mass is 10.2. The summed E-state index contributed by atoms with van der Waals surface area (Å²) in [6.45, 7) is 1.93. The smallest absolute Gasteiger partial charge is 0.159 e. The standard InChI is InChI=1S/C17H14Cl3N5/c1-9-2-4-11(7-13(9)20)24-16-15(21)17(23-8-22-16)25-14-6-10(18)3-5-12(14)19/h2-8H,21H2,1H3,(H2,22,23,24,25). The summed E-state index contributed by atoms with van der Waals surface area (Å²) in [7, 11) is 0. The summed E-state index contributed by atoms with van der Waals surface area (Å²) in [5.74, 6) is 0.871. The van der Waals surface area contributed by atoms with Crippen molar-refractivity contribution in [3.63, 3.8) is 0 Å². The van der Waals surface area contributed by atoms with Crippen molar-refractivity contribution in [2.24, 2.45) is 0 Å². The second-order valence-corrected chi connectivity index (χ2v) is 6.57. The van der Waals surface area contributed by atoms with Gasteiger partial charge in [-0.2, -0.15) is 0 Å². The van der Waals surface area contributed by atoms with Crippen LogP contribution in [0.3, 0.4) is 0 Å². The van der Waals surface area contributed by atoms with E-state index in [1.165, 1.54) is 6.33 Å². The summed E-state index contributed by atoms with van der Waals surface area (Å²) in [6, 6.07) is 10.7. The largest absolute Gasteiger partial charge is 0.393 e. The van der Waals surface area contributed by atoms with Gasteiger partial charge >= 0.3 is 0 Å². The highest BCUT2D eigenvalue weighted by molar-refractivity contribution is 6.35. The Morgan fingerprint density at radius 3 is 2.32 bits per heavy atom. The molecule has 3 rings (SSSR count). The summed E-state index contributed by atoms with van der Waals surface area (Å²) < 4.78 is 0. The Kier molecular flexibility index (Phi) is 5.18. The Balaban J connectivity index is 1.89. The number of benzene rings is 2. The van der Waals surface area contributed by atoms with Crippen molar-refractivity contribution < 1.29 is 0 Å². The minimum atomic E-state index is 0.343. The van der Waals surface area contributed by atoms with Gasteiger partial charge in [-0.1, -0.05) is 40.9 Å². The van der Waals surface area contributed by atoms with Gasteiger partial charge < -0.3 is 16.4 Å². The van der Waals surface area contributed by atoms with Gasteiger partial charge in [-0.15, -0.1) is 0 Å². The molecular weight excluding hydrogens is 381 g/mol. The molecule has 25 heavy (non-hydrogen) atoms. The molecule has 0 amide bonds. The molecule has 0 aliphatic carbocycles. The van der Waals surface area contributed by atoms with Crippen LogP contribution >= 0.6 is 34.8 Å². The first-order valence-corrected chi connectivity index (χ1v) is 8.43. The molecule has 0 fully saturated rings. The molecule has 8 heteroatoms. The lowest BCUT2D eigenvalue weighted by molar-refractivity contribution is 1.17. The highest BCUT2D eigenvalue weighted by Crippen LogP contribution is 2.32. The summed E-state index contributed by atoms with van der Waals surface area (Å²) in [6.07, 6.45) is 1.40. The van der Waals surface area contributed by atoms with Gasteiger partial charge in [0.15, 0.2) is 11.6 Å². The molecule has 4 N–H and O–H groups in total. The summed E-state index contributed by atoms with van der Waals surface area (Å²) in [4.78, 5) is 8.34. The molecule has 0 aliphatic heterocycles. The molecule has 0 spiro atoms. The van der Waals surface area contributed by atoms with Crippen molar-refractivity contribution >= 4 is 63.5 Å². The number of nitrogens with two attached hydrogens (primary N) is 1. The zero-order chi connectivity index (χ0) is 18.0. The van der Waals surface area contributed by atoms with Crippen LogP contribution in [-0.2, 0) is 0 Å². The number of aryl methyl sites for hydroxylation is 1. The molecule has 2 aromatic carbocycles. The fourth-order valence-electron chi connectivity index (χ4n) is 2.12. The summed E-state index contributed by atoms with van der Waals surface area (Å²) in [5, 5.41) is 7.91. The maximum Gasteiger partial charge on any atom is 0.159 e. The Labute approximate surface area is 160 Å². The SMILES string of the molecule is Cc1ccc(Nc2ncnc(Nc3cc(Cl)ccc3Cl)c2N)cc1Cl. The quantitative estimate of drug-likeness (QED) is 0.520. The fourth-order valence-corrected chi connectivity index (χ4v) is 2.64. The van der Waals surface area contributed by atoms with E-state index in [0.717, 1.165) is 11.3 Å². The first-order valence-electron chi connectivity index (χ1n) is 7.30. The van der Waals surface area contributed by atoms with Gasteiger partial charge in [0, 0.05) is 15.7 Å². The topological polar surface area (TPSA) is 75.9 Å². The highest BCUT2D eigenvalue weighted by atomic mass is 35.5. The Bertz CT molecular complexity index is 930. The predicted molar refractivity (Wildman–Crippen MR) is 106 cm³/mol. The van der Waals surface area contributed by atoms with Crippen LogP contribution in [0.2, 0.25) is 15.1 Å². The van der Waals surface area contributed by atoms with Crippen LogP contribution in [0.1, 0.15) is 5.56 Å². The first-order chi connectivity index (χ1) is 11.9. The van der Waals surface area contributed by atoms with Gasteiger partial charge in [-0.3, -0.25) is 0 Å². The number of halogens is 3. The van der Waals surface area contributed by atoms with Crippen LogP contribution in [0, 0.1) is 6.92 Å². The predicted octanol–water partition coefficient (Wildman–Crippen LogP) is 5.81. The van der Waals surface area contributed by atoms with E-state index in [9.17, 15) is 0 Å². The normalized spacial score (nSPS) is 10.6. The molecular formula is C17H14Cl3N5. The van der Waals surface area contributed by atoms with E-state index in [1.807, 2.05) is 19.1 Å². The minimum Gasteiger partial charge on any atom is -0.393 e. The van der Waals surface area contributed by atoms with E-state index in [1.54, 1.807) is 24.3 Å². The van der Waals surface area contributed by atoms with E-state index in [0.29, 0.717) is 38.1 Å². The number of hydrogen-bond donors (Lipinski definition) is 3. The second-order valence-electron chi connectivity index (χ2n) is 5.32. The first kappa shape index (κ1) is 17.6. The molecule has 0 saturated heterocycles. The highest BCUT2D eigenvalue weighted by Gasteiger charge is 2.11. The third-order valence-corrected chi connectivity index (χ3v) is 4.47. The summed E-state index contributed by atoms with van der Waals surface area (Å²) in [5.41, 5.74) is 8.88. The molecule has 0 radical (unpaired) electrons. The number of anilines is 5. The minimum absolute atomic E-state index is 0.343. The van der Waals surface area contributed by atoms with Crippen molar-refractivity contribution in [2.75, 3.05) is 16.4 Å². The monoisotopic (exact) mass is 393 g/mol. The van der Waals surface area contributed by atoms with Gasteiger partial charge in [0.1, 0.15) is 12.0 Å². The number of nitrogen functional groups attached to an aromatic ring is 1. The third kappa shape index (κ3) is 4.07. The number of nitrogens with one attached hydrogen (secondary N) is 2. The van der Waals surface area contributed by atoms with Crippen LogP contribution in [-0.4, -0.2) is 9.97 Å². The van der Waals surface area contributed by atoms with Crippen molar-refractivity contribution in [2.45, 2.75) is 6.92 Å².